The minimum absolute atomic E-state index is 0.0390. The molecule has 60 heavy (non-hydrogen) atoms. The molecule has 0 bridgehead atoms. The summed E-state index contributed by atoms with van der Waals surface area (Å²) in [6.07, 6.45) is 21.7. The molecule has 0 aliphatic heterocycles. The lowest BCUT2D eigenvalue weighted by molar-refractivity contribution is -0.870. The average molecular weight is 899 g/mol. The van der Waals surface area contributed by atoms with Crippen LogP contribution in [-0.2, 0) is 55.9 Å². The summed E-state index contributed by atoms with van der Waals surface area (Å²) in [5.74, 6) is -3.06. The Morgan fingerprint density at radius 2 is 0.817 bits per heavy atom. The van der Waals surface area contributed by atoms with Gasteiger partial charge in [0.25, 0.3) is 15.6 Å². The third-order valence-corrected chi connectivity index (χ3v) is 7.32. The van der Waals surface area contributed by atoms with E-state index in [0.717, 1.165) is 24.3 Å². The average Bonchev–Trinajstić information content (AvgIpc) is 3.11. The van der Waals surface area contributed by atoms with Crippen LogP contribution >= 0.6 is 15.6 Å². The third-order valence-electron chi connectivity index (χ3n) is 5.40. The van der Waals surface area contributed by atoms with Crippen LogP contribution in [0, 0.1) is 0 Å². The van der Waals surface area contributed by atoms with Crippen molar-refractivity contribution in [2.24, 2.45) is 0 Å². The topological polar surface area (TPSA) is 285 Å². The Morgan fingerprint density at radius 3 is 1.08 bits per heavy atom. The van der Waals surface area contributed by atoms with Crippen LogP contribution in [0.5, 0.6) is 0 Å². The second-order valence-electron chi connectivity index (χ2n) is 12.9. The number of quaternary nitrogens is 2. The lowest BCUT2D eigenvalue weighted by atomic mass is 10.4. The standard InChI is InChI=1S/C16H34N2O8P2.C10H14O4.C6H6O4.C6H10O2/c1-17(2,3)11-15-25-27(19,20)23-13-9-7-8-10-14-24-28(21,22)26-16-12-18(4,5)6;1-3-13-9(11)7-5-6-8-10(12)14-4-2;7-5(8)3-1-2-4-6(9)10;7-5-3-1-2-4-6-8/h7-10H,11-16H2,1-6H3;5-8H,3-4H2,1-2H3;1-4H,(H,7,8)(H,9,10);1-4,7-8H,5-6H2/b9-7+,10-8+;7-5+,8-6+;2*3-1+,4-2+. The predicted octanol–water partition coefficient (Wildman–Crippen LogP) is 2.09. The molecule has 0 saturated heterocycles. The molecule has 4 N–H and O–H groups in total. The Kier molecular flexibility index (Phi) is 40.7. The van der Waals surface area contributed by atoms with Crippen LogP contribution in [0.15, 0.2) is 97.2 Å². The van der Waals surface area contributed by atoms with Crippen molar-refractivity contribution >= 4 is 39.5 Å². The Bertz CT molecular complexity index is 1410. The number of phosphoric acid groups is 2. The van der Waals surface area contributed by atoms with Crippen molar-refractivity contribution in [2.45, 2.75) is 13.8 Å². The molecule has 2 atom stereocenters. The number of phosphoric ester groups is 2. The number of rotatable bonds is 26. The lowest BCUT2D eigenvalue weighted by Crippen LogP contribution is -2.37. The highest BCUT2D eigenvalue weighted by Crippen LogP contribution is 2.38. The van der Waals surface area contributed by atoms with E-state index in [1.165, 1.54) is 48.6 Å². The van der Waals surface area contributed by atoms with Gasteiger partial charge in [0.1, 0.15) is 26.3 Å². The van der Waals surface area contributed by atoms with Crippen LogP contribution in [0.1, 0.15) is 13.8 Å². The van der Waals surface area contributed by atoms with Crippen molar-refractivity contribution in [3.63, 3.8) is 0 Å². The first-order valence-corrected chi connectivity index (χ1v) is 20.9. The molecule has 0 amide bonds. The number of carbonyl (C=O) groups is 4. The Hall–Kier alpha value is -4.14. The molecule has 0 rings (SSSR count). The van der Waals surface area contributed by atoms with Crippen LogP contribution in [-0.4, -0.2) is 161 Å². The van der Waals surface area contributed by atoms with Crippen molar-refractivity contribution in [3.8, 4) is 0 Å². The summed E-state index contributed by atoms with van der Waals surface area (Å²) in [5.41, 5.74) is 0. The maximum absolute atomic E-state index is 11.5. The SMILES string of the molecule is CCOC(=O)/C=C/C=C/C(=O)OCC.C[N+](C)(C)CCOP(=O)([O-])OC/C=C/C=C/COP(=O)([O-])OCC[N+](C)(C)C.O=C(O)/C=C/C=C/C(=O)O.OC/C=C/C=C/CO. The van der Waals surface area contributed by atoms with E-state index in [9.17, 15) is 38.1 Å². The zero-order valence-electron chi connectivity index (χ0n) is 35.6. The number of carbonyl (C=O) groups excluding carboxylic acids is 2. The third kappa shape index (κ3) is 60.5. The van der Waals surface area contributed by atoms with E-state index in [4.69, 9.17) is 29.5 Å². The van der Waals surface area contributed by atoms with E-state index in [0.29, 0.717) is 35.3 Å². The van der Waals surface area contributed by atoms with Gasteiger partial charge in [0.2, 0.25) is 0 Å². The molecule has 0 aromatic carbocycles. The minimum atomic E-state index is -4.34. The highest BCUT2D eigenvalue weighted by Gasteiger charge is 2.13. The van der Waals surface area contributed by atoms with Crippen LogP contribution in [0.4, 0.5) is 0 Å². The molecule has 344 valence electrons. The van der Waals surface area contributed by atoms with Crippen LogP contribution < -0.4 is 9.79 Å². The van der Waals surface area contributed by atoms with Gasteiger partial charge in [-0.1, -0.05) is 72.9 Å². The molecular weight excluding hydrogens is 834 g/mol. The van der Waals surface area contributed by atoms with Gasteiger partial charge in [-0.2, -0.15) is 0 Å². The normalized spacial score (nSPS) is 14.2. The summed E-state index contributed by atoms with van der Waals surface area (Å²) < 4.78 is 52.3. The number of hydrogen-bond acceptors (Lipinski definition) is 16. The second kappa shape index (κ2) is 39.0. The minimum Gasteiger partial charge on any atom is -0.756 e. The van der Waals surface area contributed by atoms with Crippen LogP contribution in [0.3, 0.4) is 0 Å². The summed E-state index contributed by atoms with van der Waals surface area (Å²) in [5, 5.41) is 32.4. The highest BCUT2D eigenvalue weighted by atomic mass is 31.2. The van der Waals surface area contributed by atoms with E-state index in [-0.39, 0.29) is 39.6 Å². The molecule has 0 fully saturated rings. The summed E-state index contributed by atoms with van der Waals surface area (Å²) in [4.78, 5) is 64.1. The number of aliphatic hydroxyl groups excluding tert-OH is 2. The first-order chi connectivity index (χ1) is 27.9. The number of likely N-dealkylation sites (N-methyl/N-ethyl adjacent to an activating group) is 2. The maximum Gasteiger partial charge on any atom is 0.330 e. The van der Waals surface area contributed by atoms with Gasteiger partial charge in [-0.3, -0.25) is 9.13 Å². The molecule has 0 aliphatic rings. The Balaban J connectivity index is -0.000000403. The summed E-state index contributed by atoms with van der Waals surface area (Å²) in [6.45, 7) is 4.97. The molecule has 2 unspecified atom stereocenters. The van der Waals surface area contributed by atoms with E-state index < -0.39 is 39.5 Å². The molecule has 0 aromatic heterocycles. The van der Waals surface area contributed by atoms with Gasteiger partial charge in [-0.05, 0) is 13.8 Å². The number of aliphatic hydroxyl groups is 2. The number of allylic oxidation sites excluding steroid dienone is 8. The monoisotopic (exact) mass is 898 g/mol. The van der Waals surface area contributed by atoms with E-state index in [1.807, 2.05) is 42.3 Å². The largest absolute Gasteiger partial charge is 0.756 e. The van der Waals surface area contributed by atoms with Gasteiger partial charge in [-0.25, -0.2) is 19.2 Å². The predicted molar refractivity (Wildman–Crippen MR) is 221 cm³/mol. The van der Waals surface area contributed by atoms with E-state index >= 15 is 0 Å². The molecule has 0 aromatic rings. The molecular formula is C38H64N2O18P2. The number of ether oxygens (including phenoxy) is 2. The summed E-state index contributed by atoms with van der Waals surface area (Å²) in [7, 11) is 2.83. The quantitative estimate of drug-likeness (QED) is 0.0318. The first-order valence-electron chi connectivity index (χ1n) is 18.0. The zero-order valence-corrected chi connectivity index (χ0v) is 37.4. The molecule has 0 saturated carbocycles. The van der Waals surface area contributed by atoms with Crippen molar-refractivity contribution in [3.05, 3.63) is 97.2 Å². The van der Waals surface area contributed by atoms with Gasteiger partial charge < -0.3 is 66.7 Å². The number of nitrogens with zero attached hydrogens (tertiary/aromatic N) is 2. The van der Waals surface area contributed by atoms with Gasteiger partial charge >= 0.3 is 23.9 Å². The van der Waals surface area contributed by atoms with Crippen LogP contribution in [0.25, 0.3) is 0 Å². The number of carboxylic acid groups (broad SMARTS) is 2. The maximum atomic E-state index is 11.5. The molecule has 0 heterocycles. The Labute approximate surface area is 353 Å². The van der Waals surface area contributed by atoms with Gasteiger partial charge in [-0.15, -0.1) is 0 Å². The van der Waals surface area contributed by atoms with Crippen LogP contribution in [0.2, 0.25) is 0 Å². The first kappa shape index (κ1) is 62.5. The van der Waals surface area contributed by atoms with Gasteiger partial charge in [0, 0.05) is 24.3 Å². The molecule has 22 heteroatoms. The highest BCUT2D eigenvalue weighted by molar-refractivity contribution is 7.46. The van der Waals surface area contributed by atoms with E-state index in [2.05, 4.69) is 18.5 Å². The molecule has 0 radical (unpaired) electrons. The number of esters is 2. The summed E-state index contributed by atoms with van der Waals surface area (Å²) >= 11 is 0. The molecule has 0 spiro atoms. The fourth-order valence-corrected chi connectivity index (χ4v) is 3.96. The smallest absolute Gasteiger partial charge is 0.330 e. The van der Waals surface area contributed by atoms with Gasteiger partial charge in [0.15, 0.2) is 0 Å². The summed E-state index contributed by atoms with van der Waals surface area (Å²) in [6, 6.07) is 0. The number of hydrogen-bond donors (Lipinski definition) is 4. The Morgan fingerprint density at radius 1 is 0.517 bits per heavy atom. The second-order valence-corrected chi connectivity index (χ2v) is 15.7. The van der Waals surface area contributed by atoms with Crippen molar-refractivity contribution < 1.29 is 95.1 Å². The van der Waals surface area contributed by atoms with Crippen molar-refractivity contribution in [1.29, 1.82) is 0 Å². The zero-order chi connectivity index (χ0) is 46.9. The fraction of sp³-hybridized carbons (Fsp3) is 0.474. The molecule has 20 nitrogen and oxygen atoms in total. The molecule has 0 aliphatic carbocycles. The number of aliphatic carboxylic acids is 2. The van der Waals surface area contributed by atoms with Crippen molar-refractivity contribution in [2.75, 3.05) is 108 Å². The lowest BCUT2D eigenvalue weighted by Gasteiger charge is -2.27. The van der Waals surface area contributed by atoms with E-state index in [1.54, 1.807) is 38.2 Å². The van der Waals surface area contributed by atoms with Gasteiger partial charge in [0.05, 0.1) is 81.9 Å². The fourth-order valence-electron chi connectivity index (χ4n) is 2.67. The number of carboxylic acids is 2. The van der Waals surface area contributed by atoms with Crippen molar-refractivity contribution in [1.82, 2.24) is 0 Å².